The molecule has 1 saturated heterocycles. The Kier molecular flexibility index (Phi) is 4.65. The van der Waals surface area contributed by atoms with Gasteiger partial charge in [0, 0.05) is 24.6 Å². The molecule has 2 amide bonds. The first-order valence-electron chi connectivity index (χ1n) is 6.26. The van der Waals surface area contributed by atoms with Crippen LogP contribution in [0.25, 0.3) is 0 Å². The Labute approximate surface area is 115 Å². The molecule has 1 aliphatic heterocycles. The van der Waals surface area contributed by atoms with Crippen LogP contribution in [0.15, 0.2) is 18.2 Å². The Hall–Kier alpha value is -1.99. The van der Waals surface area contributed by atoms with Gasteiger partial charge in [-0.15, -0.1) is 0 Å². The Bertz CT molecular complexity index is 516. The van der Waals surface area contributed by atoms with Gasteiger partial charge in [0.25, 0.3) is 0 Å². The van der Waals surface area contributed by atoms with Crippen LogP contribution in [0.1, 0.15) is 16.8 Å². The van der Waals surface area contributed by atoms with Crippen molar-refractivity contribution in [3.63, 3.8) is 0 Å². The van der Waals surface area contributed by atoms with Crippen LogP contribution in [0.5, 0.6) is 0 Å². The second-order valence-electron chi connectivity index (χ2n) is 4.54. The number of anilines is 1. The van der Waals surface area contributed by atoms with Crippen LogP contribution < -0.4 is 16.4 Å². The quantitative estimate of drug-likeness (QED) is 0.737. The summed E-state index contributed by atoms with van der Waals surface area (Å²) >= 11 is 0. The summed E-state index contributed by atoms with van der Waals surface area (Å²) in [7, 11) is 0. The maximum absolute atomic E-state index is 13.6. The molecule has 1 heterocycles. The Morgan fingerprint density at radius 2 is 2.30 bits per heavy atom. The molecule has 4 N–H and O–H groups in total. The van der Waals surface area contributed by atoms with Gasteiger partial charge in [-0.2, -0.15) is 0 Å². The zero-order valence-corrected chi connectivity index (χ0v) is 10.8. The number of hydrogen-bond donors (Lipinski definition) is 3. The molecule has 1 unspecified atom stereocenters. The lowest BCUT2D eigenvalue weighted by atomic mass is 10.1. The van der Waals surface area contributed by atoms with Crippen LogP contribution in [-0.2, 0) is 9.53 Å². The molecule has 0 saturated carbocycles. The second-order valence-corrected chi connectivity index (χ2v) is 4.54. The van der Waals surface area contributed by atoms with E-state index in [0.717, 1.165) is 6.07 Å². The molecule has 1 fully saturated rings. The minimum absolute atomic E-state index is 0.0528. The number of nitrogens with two attached hydrogens (primary N) is 1. The second kappa shape index (κ2) is 6.44. The predicted octanol–water partition coefficient (Wildman–Crippen LogP) is 0.242. The van der Waals surface area contributed by atoms with Crippen molar-refractivity contribution in [3.05, 3.63) is 29.6 Å². The largest absolute Gasteiger partial charge is 0.378 e. The van der Waals surface area contributed by atoms with Crippen LogP contribution in [0.4, 0.5) is 10.1 Å². The molecule has 1 atom stereocenters. The molecule has 7 heteroatoms. The van der Waals surface area contributed by atoms with Crippen molar-refractivity contribution < 1.29 is 18.7 Å². The molecule has 1 aromatic carbocycles. The summed E-state index contributed by atoms with van der Waals surface area (Å²) < 4.78 is 18.8. The number of carbonyl (C=O) groups is 2. The van der Waals surface area contributed by atoms with Gasteiger partial charge in [0.15, 0.2) is 0 Å². The molecule has 20 heavy (non-hydrogen) atoms. The van der Waals surface area contributed by atoms with Crippen LogP contribution in [0.2, 0.25) is 0 Å². The van der Waals surface area contributed by atoms with Gasteiger partial charge < -0.3 is 21.1 Å². The summed E-state index contributed by atoms with van der Waals surface area (Å²) in [6.07, 6.45) is 0.167. The Balaban J connectivity index is 1.99. The van der Waals surface area contributed by atoms with Crippen LogP contribution in [-0.4, -0.2) is 37.6 Å². The van der Waals surface area contributed by atoms with Crippen molar-refractivity contribution in [2.75, 3.05) is 25.1 Å². The lowest BCUT2D eigenvalue weighted by molar-refractivity contribution is -0.117. The van der Waals surface area contributed by atoms with Gasteiger partial charge in [0.2, 0.25) is 11.8 Å². The molecule has 0 bridgehead atoms. The highest BCUT2D eigenvalue weighted by Gasteiger charge is 2.18. The predicted molar refractivity (Wildman–Crippen MR) is 70.8 cm³/mol. The number of benzene rings is 1. The summed E-state index contributed by atoms with van der Waals surface area (Å²) in [5, 5.41) is 5.56. The van der Waals surface area contributed by atoms with E-state index in [0.29, 0.717) is 19.8 Å². The maximum Gasteiger partial charge on any atom is 0.248 e. The lowest BCUT2D eigenvalue weighted by Gasteiger charge is -2.23. The molecule has 2 rings (SSSR count). The average Bonchev–Trinajstić information content (AvgIpc) is 2.42. The summed E-state index contributed by atoms with van der Waals surface area (Å²) in [5.74, 6) is -1.65. The Morgan fingerprint density at radius 3 is 2.95 bits per heavy atom. The smallest absolute Gasteiger partial charge is 0.248 e. The van der Waals surface area contributed by atoms with Gasteiger partial charge in [0.1, 0.15) is 5.82 Å². The van der Waals surface area contributed by atoms with Gasteiger partial charge in [-0.25, -0.2) is 4.39 Å². The number of halogens is 1. The lowest BCUT2D eigenvalue weighted by Crippen LogP contribution is -2.43. The fourth-order valence-electron chi connectivity index (χ4n) is 1.95. The Morgan fingerprint density at radius 1 is 1.50 bits per heavy atom. The number of rotatable bonds is 4. The van der Waals surface area contributed by atoms with E-state index in [9.17, 15) is 14.0 Å². The van der Waals surface area contributed by atoms with Gasteiger partial charge in [-0.05, 0) is 18.2 Å². The number of nitrogens with one attached hydrogen (secondary N) is 2. The first-order valence-corrected chi connectivity index (χ1v) is 6.26. The third-order valence-corrected chi connectivity index (χ3v) is 2.96. The van der Waals surface area contributed by atoms with E-state index in [1.165, 1.54) is 12.1 Å². The molecule has 1 aliphatic rings. The number of primary amides is 1. The van der Waals surface area contributed by atoms with E-state index in [1.54, 1.807) is 0 Å². The molecular weight excluding hydrogens is 265 g/mol. The van der Waals surface area contributed by atoms with E-state index in [2.05, 4.69) is 10.6 Å². The summed E-state index contributed by atoms with van der Waals surface area (Å²) in [5.41, 5.74) is 5.20. The first-order chi connectivity index (χ1) is 9.56. The SMILES string of the molecule is NC(=O)c1ccc(F)c(NC(=O)CC2COCCN2)c1. The third-order valence-electron chi connectivity index (χ3n) is 2.96. The zero-order chi connectivity index (χ0) is 14.5. The van der Waals surface area contributed by atoms with E-state index in [-0.39, 0.29) is 29.6 Å². The molecule has 0 aromatic heterocycles. The third kappa shape index (κ3) is 3.75. The minimum atomic E-state index is -0.678. The molecule has 0 spiro atoms. The van der Waals surface area contributed by atoms with Crippen molar-refractivity contribution in [1.29, 1.82) is 0 Å². The highest BCUT2D eigenvalue weighted by Crippen LogP contribution is 2.16. The summed E-state index contributed by atoms with van der Waals surface area (Å²) in [6, 6.07) is 3.49. The van der Waals surface area contributed by atoms with E-state index < -0.39 is 11.7 Å². The number of amides is 2. The molecule has 108 valence electrons. The van der Waals surface area contributed by atoms with Gasteiger partial charge in [-0.1, -0.05) is 0 Å². The summed E-state index contributed by atoms with van der Waals surface area (Å²) in [6.45, 7) is 1.74. The van der Waals surface area contributed by atoms with Gasteiger partial charge in [0.05, 0.1) is 18.9 Å². The van der Waals surface area contributed by atoms with Crippen molar-refractivity contribution in [2.24, 2.45) is 5.73 Å². The monoisotopic (exact) mass is 281 g/mol. The standard InChI is InChI=1S/C13H16FN3O3/c14-10-2-1-8(13(15)19)5-11(10)17-12(18)6-9-7-20-4-3-16-9/h1-2,5,9,16H,3-4,6-7H2,(H2,15,19)(H,17,18). The summed E-state index contributed by atoms with van der Waals surface area (Å²) in [4.78, 5) is 22.9. The van der Waals surface area contributed by atoms with Gasteiger partial charge >= 0.3 is 0 Å². The highest BCUT2D eigenvalue weighted by molar-refractivity contribution is 5.96. The molecule has 0 aliphatic carbocycles. The van der Waals surface area contributed by atoms with Crippen molar-refractivity contribution in [3.8, 4) is 0 Å². The van der Waals surface area contributed by atoms with Crippen molar-refractivity contribution in [1.82, 2.24) is 5.32 Å². The fourth-order valence-corrected chi connectivity index (χ4v) is 1.95. The highest BCUT2D eigenvalue weighted by atomic mass is 19.1. The number of ether oxygens (including phenoxy) is 1. The maximum atomic E-state index is 13.6. The molecule has 1 aromatic rings. The number of morpholine rings is 1. The average molecular weight is 281 g/mol. The minimum Gasteiger partial charge on any atom is -0.378 e. The van der Waals surface area contributed by atoms with Crippen LogP contribution in [0.3, 0.4) is 0 Å². The fraction of sp³-hybridized carbons (Fsp3) is 0.385. The van der Waals surface area contributed by atoms with Crippen molar-refractivity contribution >= 4 is 17.5 Å². The molecular formula is C13H16FN3O3. The first kappa shape index (κ1) is 14.4. The van der Waals surface area contributed by atoms with Crippen LogP contribution in [0, 0.1) is 5.82 Å². The van der Waals surface area contributed by atoms with Crippen LogP contribution >= 0.6 is 0 Å². The van der Waals surface area contributed by atoms with Gasteiger partial charge in [-0.3, -0.25) is 9.59 Å². The number of hydrogen-bond acceptors (Lipinski definition) is 4. The molecule has 6 nitrogen and oxygen atoms in total. The number of carbonyl (C=O) groups excluding carboxylic acids is 2. The topological polar surface area (TPSA) is 93.5 Å². The molecule has 0 radical (unpaired) electrons. The van der Waals surface area contributed by atoms with E-state index in [1.807, 2.05) is 0 Å². The zero-order valence-electron chi connectivity index (χ0n) is 10.8. The van der Waals surface area contributed by atoms with E-state index >= 15 is 0 Å². The normalized spacial score (nSPS) is 18.6. The van der Waals surface area contributed by atoms with Crippen molar-refractivity contribution in [2.45, 2.75) is 12.5 Å². The van der Waals surface area contributed by atoms with E-state index in [4.69, 9.17) is 10.5 Å².